The Bertz CT molecular complexity index is 408. The summed E-state index contributed by atoms with van der Waals surface area (Å²) in [4.78, 5) is 0. The number of aliphatic hydroxyl groups excluding tert-OH is 1. The largest absolute Gasteiger partial charge is 0.388 e. The van der Waals surface area contributed by atoms with Gasteiger partial charge in [0.1, 0.15) is 0 Å². The Hall–Kier alpha value is -0.830. The van der Waals surface area contributed by atoms with Crippen molar-refractivity contribution in [1.82, 2.24) is 0 Å². The van der Waals surface area contributed by atoms with Crippen molar-refractivity contribution in [2.75, 3.05) is 0 Å². The van der Waals surface area contributed by atoms with Crippen LogP contribution < -0.4 is 0 Å². The molecule has 2 rings (SSSR count). The second kappa shape index (κ2) is 4.79. The minimum Gasteiger partial charge on any atom is -0.388 e. The molecule has 0 aliphatic rings. The SMILES string of the molecule is OC(Cc1ccsc1)c1ccc(Cl)cc1. The van der Waals surface area contributed by atoms with Crippen molar-refractivity contribution >= 4 is 22.9 Å². The van der Waals surface area contributed by atoms with E-state index in [1.165, 1.54) is 5.56 Å². The van der Waals surface area contributed by atoms with E-state index >= 15 is 0 Å². The van der Waals surface area contributed by atoms with E-state index in [2.05, 4.69) is 5.38 Å². The molecule has 0 aliphatic carbocycles. The van der Waals surface area contributed by atoms with Gasteiger partial charge in [0, 0.05) is 11.4 Å². The summed E-state index contributed by atoms with van der Waals surface area (Å²) in [7, 11) is 0. The molecular formula is C12H11ClOS. The first kappa shape index (κ1) is 10.7. The number of benzene rings is 1. The van der Waals surface area contributed by atoms with Crippen LogP contribution in [0.2, 0.25) is 5.02 Å². The number of hydrogen-bond donors (Lipinski definition) is 1. The van der Waals surface area contributed by atoms with Crippen molar-refractivity contribution in [2.24, 2.45) is 0 Å². The van der Waals surface area contributed by atoms with Crippen LogP contribution in [0.4, 0.5) is 0 Å². The first-order chi connectivity index (χ1) is 7.25. The summed E-state index contributed by atoms with van der Waals surface area (Å²) in [5.41, 5.74) is 2.08. The minimum absolute atomic E-state index is 0.447. The molecule has 15 heavy (non-hydrogen) atoms. The number of hydrogen-bond acceptors (Lipinski definition) is 2. The quantitative estimate of drug-likeness (QED) is 0.865. The van der Waals surface area contributed by atoms with Crippen LogP contribution in [0.5, 0.6) is 0 Å². The molecule has 2 aromatic rings. The van der Waals surface area contributed by atoms with Gasteiger partial charge in [-0.25, -0.2) is 0 Å². The lowest BCUT2D eigenvalue weighted by Crippen LogP contribution is -2.00. The smallest absolute Gasteiger partial charge is 0.0830 e. The van der Waals surface area contributed by atoms with Crippen molar-refractivity contribution in [3.05, 3.63) is 57.2 Å². The molecule has 1 heterocycles. The molecule has 0 radical (unpaired) electrons. The Kier molecular flexibility index (Phi) is 3.41. The monoisotopic (exact) mass is 238 g/mol. The highest BCUT2D eigenvalue weighted by Gasteiger charge is 2.08. The summed E-state index contributed by atoms with van der Waals surface area (Å²) in [5.74, 6) is 0. The van der Waals surface area contributed by atoms with Gasteiger partial charge in [-0.3, -0.25) is 0 Å². The number of thiophene rings is 1. The Balaban J connectivity index is 2.08. The zero-order chi connectivity index (χ0) is 10.7. The van der Waals surface area contributed by atoms with Crippen molar-refractivity contribution in [2.45, 2.75) is 12.5 Å². The molecular weight excluding hydrogens is 228 g/mol. The molecule has 1 unspecified atom stereocenters. The molecule has 78 valence electrons. The van der Waals surface area contributed by atoms with E-state index in [1.54, 1.807) is 23.5 Å². The van der Waals surface area contributed by atoms with Crippen molar-refractivity contribution in [1.29, 1.82) is 0 Å². The van der Waals surface area contributed by atoms with Crippen LogP contribution in [-0.4, -0.2) is 5.11 Å². The zero-order valence-electron chi connectivity index (χ0n) is 8.06. The second-order valence-corrected chi connectivity index (χ2v) is 4.62. The van der Waals surface area contributed by atoms with Crippen LogP contribution in [0.15, 0.2) is 41.1 Å². The lowest BCUT2D eigenvalue weighted by molar-refractivity contribution is 0.178. The highest BCUT2D eigenvalue weighted by Crippen LogP contribution is 2.21. The van der Waals surface area contributed by atoms with Crippen LogP contribution in [0.3, 0.4) is 0 Å². The van der Waals surface area contributed by atoms with Crippen molar-refractivity contribution in [3.63, 3.8) is 0 Å². The number of halogens is 1. The predicted molar refractivity (Wildman–Crippen MR) is 64.4 cm³/mol. The maximum atomic E-state index is 9.94. The summed E-state index contributed by atoms with van der Waals surface area (Å²) in [6, 6.07) is 9.35. The van der Waals surface area contributed by atoms with Crippen LogP contribution in [-0.2, 0) is 6.42 Å². The average molecular weight is 239 g/mol. The van der Waals surface area contributed by atoms with Gasteiger partial charge in [0.25, 0.3) is 0 Å². The van der Waals surface area contributed by atoms with Crippen LogP contribution in [0, 0.1) is 0 Å². The summed E-state index contributed by atoms with van der Waals surface area (Å²) in [6.07, 6.45) is 0.211. The average Bonchev–Trinajstić information content (AvgIpc) is 2.71. The van der Waals surface area contributed by atoms with E-state index < -0.39 is 6.10 Å². The van der Waals surface area contributed by atoms with Crippen LogP contribution in [0.25, 0.3) is 0 Å². The predicted octanol–water partition coefficient (Wildman–Crippen LogP) is 3.68. The Morgan fingerprint density at radius 1 is 1.20 bits per heavy atom. The van der Waals surface area contributed by atoms with Gasteiger partial charge in [-0.05, 0) is 40.1 Å². The van der Waals surface area contributed by atoms with E-state index in [4.69, 9.17) is 11.6 Å². The standard InChI is InChI=1S/C12H11ClOS/c13-11-3-1-10(2-4-11)12(14)7-9-5-6-15-8-9/h1-6,8,12,14H,7H2. The zero-order valence-corrected chi connectivity index (χ0v) is 9.63. The topological polar surface area (TPSA) is 20.2 Å². The molecule has 0 spiro atoms. The Morgan fingerprint density at radius 2 is 1.93 bits per heavy atom. The third-order valence-corrected chi connectivity index (χ3v) is 3.25. The van der Waals surface area contributed by atoms with Gasteiger partial charge in [0.2, 0.25) is 0 Å². The van der Waals surface area contributed by atoms with Gasteiger partial charge in [0.15, 0.2) is 0 Å². The third kappa shape index (κ3) is 2.81. The molecule has 1 aromatic heterocycles. The summed E-state index contributed by atoms with van der Waals surface area (Å²) >= 11 is 7.43. The fraction of sp³-hybridized carbons (Fsp3) is 0.167. The van der Waals surface area contributed by atoms with E-state index in [-0.39, 0.29) is 0 Å². The normalized spacial score (nSPS) is 12.7. The molecule has 1 N–H and O–H groups in total. The summed E-state index contributed by atoms with van der Waals surface area (Å²) < 4.78 is 0. The van der Waals surface area contributed by atoms with Gasteiger partial charge in [0.05, 0.1) is 6.10 Å². The fourth-order valence-electron chi connectivity index (χ4n) is 1.43. The Labute approximate surface area is 98.0 Å². The molecule has 0 amide bonds. The number of aliphatic hydroxyl groups is 1. The summed E-state index contributed by atoms with van der Waals surface area (Å²) in [6.45, 7) is 0. The molecule has 1 aromatic carbocycles. The molecule has 3 heteroatoms. The van der Waals surface area contributed by atoms with E-state index in [0.717, 1.165) is 5.56 Å². The lowest BCUT2D eigenvalue weighted by Gasteiger charge is -2.09. The first-order valence-corrected chi connectivity index (χ1v) is 6.02. The van der Waals surface area contributed by atoms with Gasteiger partial charge in [-0.1, -0.05) is 23.7 Å². The minimum atomic E-state index is -0.447. The summed E-state index contributed by atoms with van der Waals surface area (Å²) in [5, 5.41) is 14.7. The molecule has 1 nitrogen and oxygen atoms in total. The van der Waals surface area contributed by atoms with E-state index in [9.17, 15) is 5.11 Å². The molecule has 0 saturated heterocycles. The van der Waals surface area contributed by atoms with Crippen molar-refractivity contribution in [3.8, 4) is 0 Å². The lowest BCUT2D eigenvalue weighted by atomic mass is 10.0. The van der Waals surface area contributed by atoms with Gasteiger partial charge in [-0.2, -0.15) is 11.3 Å². The molecule has 0 bridgehead atoms. The third-order valence-electron chi connectivity index (χ3n) is 2.26. The first-order valence-electron chi connectivity index (χ1n) is 4.70. The van der Waals surface area contributed by atoms with Gasteiger partial charge >= 0.3 is 0 Å². The molecule has 0 fully saturated rings. The van der Waals surface area contributed by atoms with Crippen molar-refractivity contribution < 1.29 is 5.11 Å². The maximum Gasteiger partial charge on any atom is 0.0830 e. The van der Waals surface area contributed by atoms with Gasteiger partial charge < -0.3 is 5.11 Å². The second-order valence-electron chi connectivity index (χ2n) is 3.40. The number of rotatable bonds is 3. The fourth-order valence-corrected chi connectivity index (χ4v) is 2.24. The van der Waals surface area contributed by atoms with Gasteiger partial charge in [-0.15, -0.1) is 0 Å². The van der Waals surface area contributed by atoms with Crippen LogP contribution in [0.1, 0.15) is 17.2 Å². The Morgan fingerprint density at radius 3 is 2.53 bits per heavy atom. The highest BCUT2D eigenvalue weighted by atomic mass is 35.5. The van der Waals surface area contributed by atoms with E-state index in [0.29, 0.717) is 11.4 Å². The molecule has 0 saturated carbocycles. The molecule has 0 aliphatic heterocycles. The van der Waals surface area contributed by atoms with Crippen LogP contribution >= 0.6 is 22.9 Å². The maximum absolute atomic E-state index is 9.94. The van der Waals surface area contributed by atoms with E-state index in [1.807, 2.05) is 23.6 Å². The molecule has 1 atom stereocenters. The highest BCUT2D eigenvalue weighted by molar-refractivity contribution is 7.07.